The van der Waals surface area contributed by atoms with Crippen molar-refractivity contribution in [2.24, 2.45) is 5.73 Å². The van der Waals surface area contributed by atoms with Gasteiger partial charge in [0.15, 0.2) is 0 Å². The Labute approximate surface area is 106 Å². The highest BCUT2D eigenvalue weighted by Gasteiger charge is 2.10. The predicted molar refractivity (Wildman–Crippen MR) is 70.4 cm³/mol. The molecule has 2 aromatic rings. The van der Waals surface area contributed by atoms with Gasteiger partial charge in [-0.1, -0.05) is 13.0 Å². The van der Waals surface area contributed by atoms with Crippen molar-refractivity contribution >= 4 is 5.69 Å². The molecule has 0 aliphatic heterocycles. The van der Waals surface area contributed by atoms with Crippen LogP contribution in [0.1, 0.15) is 12.6 Å². The number of rotatable bonds is 5. The smallest absolute Gasteiger partial charge is 0.125 e. The summed E-state index contributed by atoms with van der Waals surface area (Å²) in [4.78, 5) is 0. The molecule has 0 bridgehead atoms. The number of anilines is 1. The summed E-state index contributed by atoms with van der Waals surface area (Å²) in [5.41, 5.74) is 8.17. The van der Waals surface area contributed by atoms with Crippen LogP contribution in [0.15, 0.2) is 30.5 Å². The number of hydrogen-bond donors (Lipinski definition) is 2. The third kappa shape index (κ3) is 2.51. The molecule has 4 nitrogen and oxygen atoms in total. The lowest BCUT2D eigenvalue weighted by Gasteiger charge is -2.09. The van der Waals surface area contributed by atoms with Gasteiger partial charge in [-0.25, -0.2) is 9.07 Å². The third-order valence-corrected chi connectivity index (χ3v) is 2.72. The second-order valence-electron chi connectivity index (χ2n) is 3.97. The second kappa shape index (κ2) is 5.64. The summed E-state index contributed by atoms with van der Waals surface area (Å²) < 4.78 is 15.0. The molecule has 1 aromatic carbocycles. The summed E-state index contributed by atoms with van der Waals surface area (Å²) in [5, 5.41) is 7.51. The first-order chi connectivity index (χ1) is 8.76. The number of hydrogen-bond acceptors (Lipinski definition) is 3. The molecule has 0 aliphatic rings. The summed E-state index contributed by atoms with van der Waals surface area (Å²) in [5.74, 6) is -0.262. The van der Waals surface area contributed by atoms with Gasteiger partial charge in [0.2, 0.25) is 0 Å². The molecule has 1 aromatic heterocycles. The van der Waals surface area contributed by atoms with Crippen molar-refractivity contribution in [3.63, 3.8) is 0 Å². The lowest BCUT2D eigenvalue weighted by atomic mass is 10.2. The van der Waals surface area contributed by atoms with E-state index in [1.165, 1.54) is 12.1 Å². The van der Waals surface area contributed by atoms with Crippen molar-refractivity contribution in [3.05, 3.63) is 42.0 Å². The molecule has 0 amide bonds. The van der Waals surface area contributed by atoms with Gasteiger partial charge in [-0.3, -0.25) is 0 Å². The van der Waals surface area contributed by atoms with Crippen LogP contribution in [-0.4, -0.2) is 22.9 Å². The Balaban J connectivity index is 2.36. The SMILES string of the molecule is CCc1c(NCCN)cnn1-c1cccc(F)c1. The minimum absolute atomic E-state index is 0.262. The Morgan fingerprint density at radius 3 is 2.94 bits per heavy atom. The molecule has 3 N–H and O–H groups in total. The van der Waals surface area contributed by atoms with Crippen LogP contribution in [-0.2, 0) is 6.42 Å². The van der Waals surface area contributed by atoms with Gasteiger partial charge in [-0.05, 0) is 24.6 Å². The normalized spacial score (nSPS) is 10.6. The Morgan fingerprint density at radius 1 is 1.44 bits per heavy atom. The molecule has 5 heteroatoms. The number of nitrogens with zero attached hydrogens (tertiary/aromatic N) is 2. The van der Waals surface area contributed by atoms with Crippen molar-refractivity contribution in [2.75, 3.05) is 18.4 Å². The molecular formula is C13H17FN4. The Morgan fingerprint density at radius 2 is 2.28 bits per heavy atom. The van der Waals surface area contributed by atoms with Crippen LogP contribution in [0.4, 0.5) is 10.1 Å². The van der Waals surface area contributed by atoms with Crippen LogP contribution in [0.2, 0.25) is 0 Å². The van der Waals surface area contributed by atoms with Crippen LogP contribution in [0.5, 0.6) is 0 Å². The summed E-state index contributed by atoms with van der Waals surface area (Å²) in [7, 11) is 0. The number of benzene rings is 1. The van der Waals surface area contributed by atoms with Crippen LogP contribution in [0.3, 0.4) is 0 Å². The summed E-state index contributed by atoms with van der Waals surface area (Å²) >= 11 is 0. The van der Waals surface area contributed by atoms with E-state index >= 15 is 0 Å². The lowest BCUT2D eigenvalue weighted by molar-refractivity contribution is 0.625. The highest BCUT2D eigenvalue weighted by Crippen LogP contribution is 2.20. The van der Waals surface area contributed by atoms with Gasteiger partial charge in [0.05, 0.1) is 23.3 Å². The van der Waals surface area contributed by atoms with E-state index in [0.717, 1.165) is 23.5 Å². The number of nitrogens with one attached hydrogen (secondary N) is 1. The van der Waals surface area contributed by atoms with E-state index in [2.05, 4.69) is 10.4 Å². The molecule has 0 spiro atoms. The van der Waals surface area contributed by atoms with Crippen molar-refractivity contribution < 1.29 is 4.39 Å². The van der Waals surface area contributed by atoms with E-state index in [0.29, 0.717) is 13.1 Å². The number of halogens is 1. The van der Waals surface area contributed by atoms with Crippen molar-refractivity contribution in [3.8, 4) is 5.69 Å². The van der Waals surface area contributed by atoms with Crippen LogP contribution in [0.25, 0.3) is 5.69 Å². The molecule has 0 saturated heterocycles. The summed E-state index contributed by atoms with van der Waals surface area (Å²) in [6, 6.07) is 6.41. The van der Waals surface area contributed by atoms with E-state index in [9.17, 15) is 4.39 Å². The van der Waals surface area contributed by atoms with Gasteiger partial charge in [0.25, 0.3) is 0 Å². The molecule has 2 rings (SSSR count). The zero-order valence-electron chi connectivity index (χ0n) is 10.4. The fourth-order valence-electron chi connectivity index (χ4n) is 1.90. The van der Waals surface area contributed by atoms with Gasteiger partial charge in [0, 0.05) is 13.1 Å². The van der Waals surface area contributed by atoms with E-state index in [-0.39, 0.29) is 5.82 Å². The van der Waals surface area contributed by atoms with Crippen LogP contribution < -0.4 is 11.1 Å². The van der Waals surface area contributed by atoms with Crippen LogP contribution >= 0.6 is 0 Å². The molecule has 0 saturated carbocycles. The van der Waals surface area contributed by atoms with Crippen LogP contribution in [0, 0.1) is 5.82 Å². The molecular weight excluding hydrogens is 231 g/mol. The molecule has 0 unspecified atom stereocenters. The van der Waals surface area contributed by atoms with Gasteiger partial charge < -0.3 is 11.1 Å². The first-order valence-electron chi connectivity index (χ1n) is 6.03. The quantitative estimate of drug-likeness (QED) is 0.850. The maximum absolute atomic E-state index is 13.2. The Hall–Kier alpha value is -1.88. The first-order valence-corrected chi connectivity index (χ1v) is 6.03. The number of aromatic nitrogens is 2. The predicted octanol–water partition coefficient (Wildman–Crippen LogP) is 1.94. The molecule has 96 valence electrons. The van der Waals surface area contributed by atoms with Gasteiger partial charge in [0.1, 0.15) is 5.82 Å². The monoisotopic (exact) mass is 248 g/mol. The van der Waals surface area contributed by atoms with Crippen molar-refractivity contribution in [1.82, 2.24) is 9.78 Å². The highest BCUT2D eigenvalue weighted by atomic mass is 19.1. The molecule has 0 radical (unpaired) electrons. The zero-order valence-corrected chi connectivity index (χ0v) is 10.4. The molecule has 0 atom stereocenters. The number of nitrogens with two attached hydrogens (primary N) is 1. The fraction of sp³-hybridized carbons (Fsp3) is 0.308. The largest absolute Gasteiger partial charge is 0.381 e. The van der Waals surface area contributed by atoms with E-state index in [4.69, 9.17) is 5.73 Å². The fourth-order valence-corrected chi connectivity index (χ4v) is 1.90. The van der Waals surface area contributed by atoms with Gasteiger partial charge in [-0.2, -0.15) is 5.10 Å². The maximum Gasteiger partial charge on any atom is 0.125 e. The van der Waals surface area contributed by atoms with Gasteiger partial charge >= 0.3 is 0 Å². The molecule has 1 heterocycles. The molecule has 0 aliphatic carbocycles. The summed E-state index contributed by atoms with van der Waals surface area (Å²) in [6.07, 6.45) is 2.56. The molecule has 0 fully saturated rings. The van der Waals surface area contributed by atoms with E-state index in [1.54, 1.807) is 16.9 Å². The Kier molecular flexibility index (Phi) is 3.94. The average molecular weight is 248 g/mol. The van der Waals surface area contributed by atoms with Crippen molar-refractivity contribution in [2.45, 2.75) is 13.3 Å². The Bertz CT molecular complexity index is 521. The lowest BCUT2D eigenvalue weighted by Crippen LogP contribution is -2.14. The summed E-state index contributed by atoms with van der Waals surface area (Å²) in [6.45, 7) is 3.30. The minimum Gasteiger partial charge on any atom is -0.381 e. The maximum atomic E-state index is 13.2. The average Bonchev–Trinajstić information content (AvgIpc) is 2.79. The standard InChI is InChI=1S/C13H17FN4/c1-2-13-12(16-7-6-15)9-17-18(13)11-5-3-4-10(14)8-11/h3-5,8-9,16H,2,6-7,15H2,1H3. The topological polar surface area (TPSA) is 55.9 Å². The third-order valence-electron chi connectivity index (χ3n) is 2.72. The first kappa shape index (κ1) is 12.6. The van der Waals surface area contributed by atoms with Crippen molar-refractivity contribution in [1.29, 1.82) is 0 Å². The molecule has 18 heavy (non-hydrogen) atoms. The minimum atomic E-state index is -0.262. The zero-order chi connectivity index (χ0) is 13.0. The second-order valence-corrected chi connectivity index (χ2v) is 3.97. The van der Waals surface area contributed by atoms with E-state index < -0.39 is 0 Å². The van der Waals surface area contributed by atoms with E-state index in [1.807, 2.05) is 13.0 Å². The highest BCUT2D eigenvalue weighted by molar-refractivity contribution is 5.50. The van der Waals surface area contributed by atoms with Gasteiger partial charge in [-0.15, -0.1) is 0 Å².